The van der Waals surface area contributed by atoms with Crippen LogP contribution < -0.4 is 10.6 Å². The lowest BCUT2D eigenvalue weighted by Crippen LogP contribution is -2.46. The average Bonchev–Trinajstić information content (AvgIpc) is 2.32. The predicted octanol–water partition coefficient (Wildman–Crippen LogP) is 2.04. The molecule has 3 nitrogen and oxygen atoms in total. The van der Waals surface area contributed by atoms with Crippen molar-refractivity contribution >= 4 is 5.69 Å². The number of aryl methyl sites for hydroxylation is 1. The van der Waals surface area contributed by atoms with Crippen LogP contribution >= 0.6 is 0 Å². The van der Waals surface area contributed by atoms with Crippen LogP contribution in [0.2, 0.25) is 0 Å². The molecule has 3 heteroatoms. The SMILES string of the molecule is Cc1ccc(C#N)c(N2CCC(N)C(C)C2)c1. The lowest BCUT2D eigenvalue weighted by atomic mass is 9.94. The van der Waals surface area contributed by atoms with Gasteiger partial charge in [0, 0.05) is 19.1 Å². The van der Waals surface area contributed by atoms with E-state index in [4.69, 9.17) is 11.0 Å². The minimum absolute atomic E-state index is 0.293. The monoisotopic (exact) mass is 229 g/mol. The zero-order valence-electron chi connectivity index (χ0n) is 10.5. The van der Waals surface area contributed by atoms with Gasteiger partial charge in [-0.05, 0) is 37.0 Å². The zero-order valence-corrected chi connectivity index (χ0v) is 10.5. The van der Waals surface area contributed by atoms with E-state index in [0.29, 0.717) is 12.0 Å². The van der Waals surface area contributed by atoms with E-state index < -0.39 is 0 Å². The van der Waals surface area contributed by atoms with Gasteiger partial charge in [0.05, 0.1) is 11.3 Å². The van der Waals surface area contributed by atoms with Gasteiger partial charge in [-0.2, -0.15) is 5.26 Å². The zero-order chi connectivity index (χ0) is 12.4. The normalized spacial score (nSPS) is 24.5. The Morgan fingerprint density at radius 3 is 2.88 bits per heavy atom. The second-order valence-electron chi connectivity index (χ2n) is 5.01. The minimum atomic E-state index is 0.293. The first-order valence-electron chi connectivity index (χ1n) is 6.13. The highest BCUT2D eigenvalue weighted by molar-refractivity contribution is 5.61. The third kappa shape index (κ3) is 2.42. The van der Waals surface area contributed by atoms with Crippen molar-refractivity contribution < 1.29 is 0 Å². The molecule has 2 atom stereocenters. The highest BCUT2D eigenvalue weighted by atomic mass is 15.1. The molecule has 1 aromatic carbocycles. The summed E-state index contributed by atoms with van der Waals surface area (Å²) in [5, 5.41) is 9.16. The maximum atomic E-state index is 9.16. The maximum absolute atomic E-state index is 9.16. The van der Waals surface area contributed by atoms with Gasteiger partial charge >= 0.3 is 0 Å². The van der Waals surface area contributed by atoms with E-state index in [9.17, 15) is 0 Å². The van der Waals surface area contributed by atoms with Crippen molar-refractivity contribution in [3.8, 4) is 6.07 Å². The number of hydrogen-bond donors (Lipinski definition) is 1. The van der Waals surface area contributed by atoms with E-state index in [-0.39, 0.29) is 0 Å². The summed E-state index contributed by atoms with van der Waals surface area (Å²) in [6, 6.07) is 8.56. The number of anilines is 1. The van der Waals surface area contributed by atoms with Crippen LogP contribution in [0.15, 0.2) is 18.2 Å². The Hall–Kier alpha value is -1.53. The van der Waals surface area contributed by atoms with Crippen LogP contribution in [0.3, 0.4) is 0 Å². The molecule has 0 amide bonds. The maximum Gasteiger partial charge on any atom is 0.101 e. The first-order chi connectivity index (χ1) is 8.11. The molecular weight excluding hydrogens is 210 g/mol. The highest BCUT2D eigenvalue weighted by Crippen LogP contribution is 2.26. The van der Waals surface area contributed by atoms with Gasteiger partial charge in [-0.1, -0.05) is 13.0 Å². The molecule has 0 radical (unpaired) electrons. The summed E-state index contributed by atoms with van der Waals surface area (Å²) in [5.74, 6) is 0.482. The summed E-state index contributed by atoms with van der Waals surface area (Å²) < 4.78 is 0. The van der Waals surface area contributed by atoms with E-state index in [0.717, 1.165) is 30.8 Å². The Bertz CT molecular complexity index is 447. The van der Waals surface area contributed by atoms with Gasteiger partial charge in [-0.15, -0.1) is 0 Å². The van der Waals surface area contributed by atoms with Gasteiger partial charge in [-0.25, -0.2) is 0 Å². The largest absolute Gasteiger partial charge is 0.370 e. The Kier molecular flexibility index (Phi) is 3.35. The fourth-order valence-corrected chi connectivity index (χ4v) is 2.38. The molecule has 2 N–H and O–H groups in total. The van der Waals surface area contributed by atoms with E-state index >= 15 is 0 Å². The van der Waals surface area contributed by atoms with Gasteiger partial charge in [0.25, 0.3) is 0 Å². The Labute approximate surface area is 103 Å². The van der Waals surface area contributed by atoms with Crippen LogP contribution in [0, 0.1) is 24.2 Å². The molecule has 1 aromatic rings. The first-order valence-corrected chi connectivity index (χ1v) is 6.13. The second-order valence-corrected chi connectivity index (χ2v) is 5.01. The third-order valence-electron chi connectivity index (χ3n) is 3.59. The van der Waals surface area contributed by atoms with E-state index in [1.54, 1.807) is 0 Å². The van der Waals surface area contributed by atoms with Crippen LogP contribution in [0.5, 0.6) is 0 Å². The average molecular weight is 229 g/mol. The predicted molar refractivity (Wildman–Crippen MR) is 69.9 cm³/mol. The van der Waals surface area contributed by atoms with Crippen LogP contribution in [-0.4, -0.2) is 19.1 Å². The molecule has 1 heterocycles. The van der Waals surface area contributed by atoms with Gasteiger partial charge in [-0.3, -0.25) is 0 Å². The third-order valence-corrected chi connectivity index (χ3v) is 3.59. The topological polar surface area (TPSA) is 53.0 Å². The molecule has 1 aliphatic heterocycles. The highest BCUT2D eigenvalue weighted by Gasteiger charge is 2.24. The number of nitriles is 1. The standard InChI is InChI=1S/C14H19N3/c1-10-3-4-12(8-15)14(7-10)17-6-5-13(16)11(2)9-17/h3-4,7,11,13H,5-6,9,16H2,1-2H3. The number of rotatable bonds is 1. The van der Waals surface area contributed by atoms with E-state index in [1.165, 1.54) is 5.56 Å². The molecule has 1 fully saturated rings. The molecule has 0 spiro atoms. The molecule has 90 valence electrons. The molecule has 2 unspecified atom stereocenters. The van der Waals surface area contributed by atoms with Gasteiger partial charge in [0.15, 0.2) is 0 Å². The number of piperidine rings is 1. The molecule has 17 heavy (non-hydrogen) atoms. The number of nitrogens with zero attached hydrogens (tertiary/aromatic N) is 2. The Morgan fingerprint density at radius 2 is 2.24 bits per heavy atom. The first kappa shape index (κ1) is 11.9. The Morgan fingerprint density at radius 1 is 1.47 bits per heavy atom. The van der Waals surface area contributed by atoms with Crippen molar-refractivity contribution in [3.05, 3.63) is 29.3 Å². The number of hydrogen-bond acceptors (Lipinski definition) is 3. The van der Waals surface area contributed by atoms with Crippen LogP contribution in [0.4, 0.5) is 5.69 Å². The summed E-state index contributed by atoms with van der Waals surface area (Å²) in [4.78, 5) is 2.29. The van der Waals surface area contributed by atoms with Crippen LogP contribution in [0.1, 0.15) is 24.5 Å². The molecule has 2 rings (SSSR count). The summed E-state index contributed by atoms with van der Waals surface area (Å²) in [6.07, 6.45) is 1.000. The minimum Gasteiger partial charge on any atom is -0.370 e. The van der Waals surface area contributed by atoms with Crippen molar-refractivity contribution in [2.24, 2.45) is 11.7 Å². The van der Waals surface area contributed by atoms with Crippen LogP contribution in [0.25, 0.3) is 0 Å². The molecular formula is C14H19N3. The molecule has 1 aliphatic rings. The summed E-state index contributed by atoms with van der Waals surface area (Å²) in [6.45, 7) is 6.13. The molecule has 1 saturated heterocycles. The quantitative estimate of drug-likeness (QED) is 0.801. The fourth-order valence-electron chi connectivity index (χ4n) is 2.38. The molecule has 0 bridgehead atoms. The smallest absolute Gasteiger partial charge is 0.101 e. The van der Waals surface area contributed by atoms with Crippen molar-refractivity contribution in [2.75, 3.05) is 18.0 Å². The Balaban J connectivity index is 2.28. The molecule has 0 aliphatic carbocycles. The molecule has 0 saturated carbocycles. The van der Waals surface area contributed by atoms with Crippen molar-refractivity contribution in [3.63, 3.8) is 0 Å². The van der Waals surface area contributed by atoms with Crippen molar-refractivity contribution in [2.45, 2.75) is 26.3 Å². The van der Waals surface area contributed by atoms with Crippen LogP contribution in [-0.2, 0) is 0 Å². The molecule has 0 aromatic heterocycles. The fraction of sp³-hybridized carbons (Fsp3) is 0.500. The van der Waals surface area contributed by atoms with E-state index in [1.807, 2.05) is 12.1 Å². The van der Waals surface area contributed by atoms with Gasteiger partial charge in [0.2, 0.25) is 0 Å². The van der Waals surface area contributed by atoms with Gasteiger partial charge < -0.3 is 10.6 Å². The van der Waals surface area contributed by atoms with Crippen molar-refractivity contribution in [1.29, 1.82) is 5.26 Å². The lowest BCUT2D eigenvalue weighted by Gasteiger charge is -2.37. The summed E-state index contributed by atoms with van der Waals surface area (Å²) in [5.41, 5.74) is 9.05. The number of benzene rings is 1. The van der Waals surface area contributed by atoms with Gasteiger partial charge in [0.1, 0.15) is 6.07 Å². The summed E-state index contributed by atoms with van der Waals surface area (Å²) >= 11 is 0. The second kappa shape index (κ2) is 4.77. The van der Waals surface area contributed by atoms with E-state index in [2.05, 4.69) is 30.9 Å². The lowest BCUT2D eigenvalue weighted by molar-refractivity contribution is 0.383. The van der Waals surface area contributed by atoms with Crippen molar-refractivity contribution in [1.82, 2.24) is 0 Å². The number of nitrogens with two attached hydrogens (primary N) is 1. The summed E-state index contributed by atoms with van der Waals surface area (Å²) in [7, 11) is 0.